The number of carbonyl (C=O) groups excluding carboxylic acids is 2. The Morgan fingerprint density at radius 1 is 1.27 bits per heavy atom. The van der Waals surface area contributed by atoms with E-state index >= 15 is 0 Å². The van der Waals surface area contributed by atoms with Crippen molar-refractivity contribution in [2.75, 3.05) is 42.6 Å². The summed E-state index contributed by atoms with van der Waals surface area (Å²) in [6.07, 6.45) is 0. The average Bonchev–Trinajstić information content (AvgIpc) is 2.54. The lowest BCUT2D eigenvalue weighted by Crippen LogP contribution is -2.57. The molecule has 22 heavy (non-hydrogen) atoms. The molecule has 6 heteroatoms. The topological polar surface area (TPSA) is 52.7 Å². The normalized spacial score (nSPS) is 22.4. The summed E-state index contributed by atoms with van der Waals surface area (Å²) in [7, 11) is 0. The van der Waals surface area contributed by atoms with Crippen molar-refractivity contribution in [3.05, 3.63) is 29.8 Å². The van der Waals surface area contributed by atoms with E-state index in [-0.39, 0.29) is 17.9 Å². The molecule has 2 amide bonds. The van der Waals surface area contributed by atoms with Gasteiger partial charge < -0.3 is 15.1 Å². The lowest BCUT2D eigenvalue weighted by molar-refractivity contribution is -0.135. The van der Waals surface area contributed by atoms with Gasteiger partial charge in [-0.05, 0) is 24.6 Å². The highest BCUT2D eigenvalue weighted by Crippen LogP contribution is 2.19. The average molecular weight is 319 g/mol. The Balaban J connectivity index is 1.57. The Hall–Kier alpha value is -1.69. The highest BCUT2D eigenvalue weighted by Gasteiger charge is 2.30. The molecule has 2 aliphatic heterocycles. The van der Waals surface area contributed by atoms with E-state index < -0.39 is 0 Å². The van der Waals surface area contributed by atoms with E-state index in [1.54, 1.807) is 0 Å². The molecule has 118 valence electrons. The number of rotatable bonds is 2. The van der Waals surface area contributed by atoms with Crippen molar-refractivity contribution >= 4 is 29.3 Å². The van der Waals surface area contributed by atoms with Crippen LogP contribution in [0.2, 0.25) is 0 Å². The summed E-state index contributed by atoms with van der Waals surface area (Å²) in [5.41, 5.74) is 2.46. The first-order valence-electron chi connectivity index (χ1n) is 7.61. The number of aryl methyl sites for hydroxylation is 1. The highest BCUT2D eigenvalue weighted by molar-refractivity contribution is 8.00. The fraction of sp³-hybridized carbons (Fsp3) is 0.500. The van der Waals surface area contributed by atoms with Crippen LogP contribution >= 0.6 is 11.8 Å². The summed E-state index contributed by atoms with van der Waals surface area (Å²) in [6, 6.07) is 8.10. The molecular weight excluding hydrogens is 298 g/mol. The summed E-state index contributed by atoms with van der Waals surface area (Å²) in [4.78, 5) is 28.1. The fourth-order valence-corrected chi connectivity index (χ4v) is 3.76. The van der Waals surface area contributed by atoms with Gasteiger partial charge in [0.1, 0.15) is 6.04 Å². The van der Waals surface area contributed by atoms with Crippen molar-refractivity contribution in [3.63, 3.8) is 0 Å². The minimum absolute atomic E-state index is 0.0343. The number of benzene rings is 1. The number of nitrogens with zero attached hydrogens (tertiary/aromatic N) is 2. The largest absolute Gasteiger partial charge is 0.368 e. The molecule has 1 unspecified atom stereocenters. The third kappa shape index (κ3) is 3.38. The highest BCUT2D eigenvalue weighted by atomic mass is 32.2. The summed E-state index contributed by atoms with van der Waals surface area (Å²) < 4.78 is 0. The summed E-state index contributed by atoms with van der Waals surface area (Å²) in [6.45, 7) is 5.19. The van der Waals surface area contributed by atoms with Crippen molar-refractivity contribution < 1.29 is 9.59 Å². The standard InChI is InChI=1S/C16H21N3O2S/c1-12-3-2-4-13(9-12)18-5-7-19(8-6-18)16(21)14-10-22-11-15(20)17-14/h2-4,9,14H,5-8,10-11H2,1H3,(H,17,20). The van der Waals surface area contributed by atoms with Crippen molar-refractivity contribution in [2.45, 2.75) is 13.0 Å². The molecule has 2 fully saturated rings. The predicted molar refractivity (Wildman–Crippen MR) is 89.2 cm³/mol. The van der Waals surface area contributed by atoms with Gasteiger partial charge in [-0.15, -0.1) is 11.8 Å². The molecule has 1 atom stereocenters. The van der Waals surface area contributed by atoms with Gasteiger partial charge in [0.25, 0.3) is 0 Å². The van der Waals surface area contributed by atoms with Crippen LogP contribution in [0.4, 0.5) is 5.69 Å². The van der Waals surface area contributed by atoms with Crippen LogP contribution in [0.1, 0.15) is 5.56 Å². The molecule has 0 aliphatic carbocycles. The van der Waals surface area contributed by atoms with Crippen LogP contribution < -0.4 is 10.2 Å². The molecular formula is C16H21N3O2S. The summed E-state index contributed by atoms with van der Waals surface area (Å²) in [5.74, 6) is 1.17. The Morgan fingerprint density at radius 2 is 2.05 bits per heavy atom. The number of nitrogens with one attached hydrogen (secondary N) is 1. The molecule has 0 saturated carbocycles. The molecule has 0 radical (unpaired) electrons. The van der Waals surface area contributed by atoms with Gasteiger partial charge in [0.2, 0.25) is 11.8 Å². The maximum atomic E-state index is 12.5. The number of hydrogen-bond acceptors (Lipinski definition) is 4. The van der Waals surface area contributed by atoms with Gasteiger partial charge in [-0.3, -0.25) is 9.59 Å². The Kier molecular flexibility index (Phi) is 4.57. The van der Waals surface area contributed by atoms with Crippen LogP contribution in [-0.4, -0.2) is 60.4 Å². The van der Waals surface area contributed by atoms with Gasteiger partial charge in [-0.2, -0.15) is 0 Å². The SMILES string of the molecule is Cc1cccc(N2CCN(C(=O)C3CSCC(=O)N3)CC2)c1. The monoisotopic (exact) mass is 319 g/mol. The van der Waals surface area contributed by atoms with Crippen molar-refractivity contribution in [2.24, 2.45) is 0 Å². The first-order chi connectivity index (χ1) is 10.6. The predicted octanol–water partition coefficient (Wildman–Crippen LogP) is 0.875. The first kappa shape index (κ1) is 15.2. The molecule has 5 nitrogen and oxygen atoms in total. The van der Waals surface area contributed by atoms with E-state index in [4.69, 9.17) is 0 Å². The number of amides is 2. The second-order valence-electron chi connectivity index (χ2n) is 5.79. The number of anilines is 1. The number of piperazine rings is 1. The molecule has 3 rings (SSSR count). The second kappa shape index (κ2) is 6.60. The van der Waals surface area contributed by atoms with Gasteiger partial charge >= 0.3 is 0 Å². The maximum Gasteiger partial charge on any atom is 0.246 e. The van der Waals surface area contributed by atoms with Gasteiger partial charge in [0.05, 0.1) is 5.75 Å². The van der Waals surface area contributed by atoms with Crippen LogP contribution in [0.3, 0.4) is 0 Å². The summed E-state index contributed by atoms with van der Waals surface area (Å²) in [5, 5.41) is 2.80. The molecule has 0 bridgehead atoms. The van der Waals surface area contributed by atoms with Gasteiger partial charge in [-0.25, -0.2) is 0 Å². The van der Waals surface area contributed by atoms with E-state index in [0.717, 1.165) is 13.1 Å². The number of hydrogen-bond donors (Lipinski definition) is 1. The van der Waals surface area contributed by atoms with Gasteiger partial charge in [-0.1, -0.05) is 12.1 Å². The maximum absolute atomic E-state index is 12.5. The molecule has 1 N–H and O–H groups in total. The number of thioether (sulfide) groups is 1. The zero-order valence-corrected chi connectivity index (χ0v) is 13.6. The Labute approximate surface area is 135 Å². The minimum atomic E-state index is -0.350. The molecule has 2 heterocycles. The third-order valence-corrected chi connectivity index (χ3v) is 5.14. The van der Waals surface area contributed by atoms with Crippen molar-refractivity contribution in [1.82, 2.24) is 10.2 Å². The van der Waals surface area contributed by atoms with Crippen LogP contribution in [-0.2, 0) is 9.59 Å². The molecule has 2 aliphatic rings. The third-order valence-electron chi connectivity index (χ3n) is 4.11. The Bertz CT molecular complexity index is 570. The smallest absolute Gasteiger partial charge is 0.246 e. The van der Waals surface area contributed by atoms with E-state index in [2.05, 4.69) is 41.4 Å². The zero-order valence-electron chi connectivity index (χ0n) is 12.7. The van der Waals surface area contributed by atoms with E-state index in [1.165, 1.54) is 23.0 Å². The lowest BCUT2D eigenvalue weighted by atomic mass is 10.2. The fourth-order valence-electron chi connectivity index (χ4n) is 2.91. The van der Waals surface area contributed by atoms with Crippen molar-refractivity contribution in [1.29, 1.82) is 0 Å². The van der Waals surface area contributed by atoms with Crippen LogP contribution in [0, 0.1) is 6.92 Å². The molecule has 2 saturated heterocycles. The quantitative estimate of drug-likeness (QED) is 0.879. The Morgan fingerprint density at radius 3 is 2.73 bits per heavy atom. The summed E-state index contributed by atoms with van der Waals surface area (Å²) >= 11 is 1.53. The van der Waals surface area contributed by atoms with Gasteiger partial charge in [0.15, 0.2) is 0 Å². The molecule has 1 aromatic rings. The van der Waals surface area contributed by atoms with Crippen molar-refractivity contribution in [3.8, 4) is 0 Å². The van der Waals surface area contributed by atoms with Crippen LogP contribution in [0.25, 0.3) is 0 Å². The molecule has 0 spiro atoms. The zero-order chi connectivity index (χ0) is 15.5. The molecule has 0 aromatic heterocycles. The number of carbonyl (C=O) groups is 2. The van der Waals surface area contributed by atoms with E-state index in [1.807, 2.05) is 4.90 Å². The van der Waals surface area contributed by atoms with E-state index in [0.29, 0.717) is 24.6 Å². The first-order valence-corrected chi connectivity index (χ1v) is 8.76. The van der Waals surface area contributed by atoms with Crippen LogP contribution in [0.5, 0.6) is 0 Å². The van der Waals surface area contributed by atoms with Crippen LogP contribution in [0.15, 0.2) is 24.3 Å². The van der Waals surface area contributed by atoms with E-state index in [9.17, 15) is 9.59 Å². The van der Waals surface area contributed by atoms with Gasteiger partial charge in [0, 0.05) is 37.6 Å². The lowest BCUT2D eigenvalue weighted by Gasteiger charge is -2.38. The molecule has 1 aromatic carbocycles. The second-order valence-corrected chi connectivity index (χ2v) is 6.82. The minimum Gasteiger partial charge on any atom is -0.368 e.